The first kappa shape index (κ1) is 12.1. The highest BCUT2D eigenvalue weighted by Gasteiger charge is 2.34. The third-order valence-corrected chi connectivity index (χ3v) is 3.38. The number of morpholine rings is 1. The van der Waals surface area contributed by atoms with Crippen molar-refractivity contribution in [1.82, 2.24) is 4.90 Å². The Balaban J connectivity index is 2.23. The van der Waals surface area contributed by atoms with Gasteiger partial charge < -0.3 is 9.64 Å². The van der Waals surface area contributed by atoms with Gasteiger partial charge in [0, 0.05) is 13.5 Å². The maximum atomic E-state index is 11.4. The molecule has 0 spiro atoms. The lowest BCUT2D eigenvalue weighted by Crippen LogP contribution is -2.49. The average molecular weight is 233 g/mol. The third kappa shape index (κ3) is 2.50. The molecule has 0 N–H and O–H groups in total. The van der Waals surface area contributed by atoms with Gasteiger partial charge in [-0.15, -0.1) is 0 Å². The molecule has 3 nitrogen and oxygen atoms in total. The molecule has 2 rings (SSSR count). The van der Waals surface area contributed by atoms with E-state index in [9.17, 15) is 4.79 Å². The lowest BCUT2D eigenvalue weighted by atomic mass is 9.93. The molecule has 1 aliphatic heterocycles. The van der Waals surface area contributed by atoms with E-state index in [0.717, 1.165) is 5.56 Å². The number of aryl methyl sites for hydroxylation is 1. The van der Waals surface area contributed by atoms with Crippen molar-refractivity contribution in [1.29, 1.82) is 0 Å². The fraction of sp³-hybridized carbons (Fsp3) is 0.500. The van der Waals surface area contributed by atoms with Crippen molar-refractivity contribution in [2.24, 2.45) is 0 Å². The number of benzene rings is 1. The van der Waals surface area contributed by atoms with Crippen LogP contribution in [0.3, 0.4) is 0 Å². The number of nitrogens with zero attached hydrogens (tertiary/aromatic N) is 1. The zero-order valence-corrected chi connectivity index (χ0v) is 10.7. The lowest BCUT2D eigenvalue weighted by molar-refractivity contribution is -0.147. The van der Waals surface area contributed by atoms with Gasteiger partial charge in [-0.3, -0.25) is 4.79 Å². The van der Waals surface area contributed by atoms with Gasteiger partial charge in [0.25, 0.3) is 0 Å². The summed E-state index contributed by atoms with van der Waals surface area (Å²) in [6, 6.07) is 8.32. The molecule has 0 bridgehead atoms. The van der Waals surface area contributed by atoms with Gasteiger partial charge in [0.15, 0.2) is 0 Å². The smallest absolute Gasteiger partial charge is 0.219 e. The maximum Gasteiger partial charge on any atom is 0.219 e. The van der Waals surface area contributed by atoms with E-state index in [1.165, 1.54) is 5.56 Å². The van der Waals surface area contributed by atoms with Crippen molar-refractivity contribution < 1.29 is 9.53 Å². The molecular weight excluding hydrogens is 214 g/mol. The number of carbonyl (C=O) groups is 1. The van der Waals surface area contributed by atoms with Crippen molar-refractivity contribution in [3.05, 3.63) is 35.4 Å². The molecular formula is C14H19NO2. The molecule has 1 unspecified atom stereocenters. The zero-order chi connectivity index (χ0) is 12.5. The summed E-state index contributed by atoms with van der Waals surface area (Å²) in [4.78, 5) is 13.3. The quantitative estimate of drug-likeness (QED) is 0.743. The van der Waals surface area contributed by atoms with Gasteiger partial charge in [-0.05, 0) is 19.4 Å². The van der Waals surface area contributed by atoms with Crippen LogP contribution in [0.1, 0.15) is 25.0 Å². The minimum atomic E-state index is -0.377. The number of hydrogen-bond donors (Lipinski definition) is 0. The van der Waals surface area contributed by atoms with E-state index in [-0.39, 0.29) is 11.5 Å². The lowest BCUT2D eigenvalue weighted by Gasteiger charge is -2.40. The normalized spacial score (nSPS) is 24.8. The van der Waals surface area contributed by atoms with Crippen molar-refractivity contribution in [3.8, 4) is 0 Å². The summed E-state index contributed by atoms with van der Waals surface area (Å²) in [5.74, 6) is 0.117. The predicted octanol–water partition coefficient (Wildman–Crippen LogP) is 2.09. The molecule has 17 heavy (non-hydrogen) atoms. The van der Waals surface area contributed by atoms with Crippen LogP contribution in [0.4, 0.5) is 0 Å². The van der Waals surface area contributed by atoms with E-state index in [1.54, 1.807) is 6.92 Å². The molecule has 0 saturated carbocycles. The Bertz CT molecular complexity index is 413. The highest BCUT2D eigenvalue weighted by molar-refractivity contribution is 5.73. The molecule has 1 heterocycles. The molecule has 0 aliphatic carbocycles. The summed E-state index contributed by atoms with van der Waals surface area (Å²) in [7, 11) is 0. The van der Waals surface area contributed by atoms with Gasteiger partial charge in [-0.25, -0.2) is 0 Å². The zero-order valence-electron chi connectivity index (χ0n) is 10.7. The van der Waals surface area contributed by atoms with Crippen molar-refractivity contribution in [2.45, 2.75) is 26.4 Å². The number of hydrogen-bond acceptors (Lipinski definition) is 2. The Morgan fingerprint density at radius 3 is 2.59 bits per heavy atom. The molecule has 1 fully saturated rings. The molecule has 1 aromatic rings. The SMILES string of the molecule is CC(=O)N1CCOC(C)(c2ccc(C)cc2)C1. The standard InChI is InChI=1S/C14H19NO2/c1-11-4-6-13(7-5-11)14(3)10-15(12(2)16)8-9-17-14/h4-7H,8-10H2,1-3H3. The first-order valence-corrected chi connectivity index (χ1v) is 5.98. The monoisotopic (exact) mass is 233 g/mol. The second-order valence-corrected chi connectivity index (χ2v) is 4.89. The Morgan fingerprint density at radius 1 is 1.35 bits per heavy atom. The highest BCUT2D eigenvalue weighted by atomic mass is 16.5. The van der Waals surface area contributed by atoms with E-state index in [2.05, 4.69) is 31.2 Å². The largest absolute Gasteiger partial charge is 0.367 e. The fourth-order valence-corrected chi connectivity index (χ4v) is 2.22. The number of ether oxygens (including phenoxy) is 1. The molecule has 0 radical (unpaired) electrons. The van der Waals surface area contributed by atoms with Crippen LogP contribution in [0.15, 0.2) is 24.3 Å². The molecule has 1 atom stereocenters. The number of rotatable bonds is 1. The Kier molecular flexibility index (Phi) is 3.20. The van der Waals surface area contributed by atoms with Gasteiger partial charge in [0.2, 0.25) is 5.91 Å². The minimum absolute atomic E-state index is 0.117. The first-order valence-electron chi connectivity index (χ1n) is 5.98. The van der Waals surface area contributed by atoms with Gasteiger partial charge >= 0.3 is 0 Å². The van der Waals surface area contributed by atoms with Gasteiger partial charge in [-0.2, -0.15) is 0 Å². The van der Waals surface area contributed by atoms with Crippen LogP contribution in [0.25, 0.3) is 0 Å². The minimum Gasteiger partial charge on any atom is -0.367 e. The summed E-state index contributed by atoms with van der Waals surface area (Å²) in [6.45, 7) is 7.65. The molecule has 1 amide bonds. The van der Waals surface area contributed by atoms with E-state index >= 15 is 0 Å². The second-order valence-electron chi connectivity index (χ2n) is 4.89. The Labute approximate surface area is 102 Å². The maximum absolute atomic E-state index is 11.4. The highest BCUT2D eigenvalue weighted by Crippen LogP contribution is 2.29. The summed E-state index contributed by atoms with van der Waals surface area (Å²) < 4.78 is 5.88. The molecule has 1 saturated heterocycles. The fourth-order valence-electron chi connectivity index (χ4n) is 2.22. The van der Waals surface area contributed by atoms with E-state index < -0.39 is 0 Å². The number of amides is 1. The molecule has 0 aromatic heterocycles. The van der Waals surface area contributed by atoms with Gasteiger partial charge in [0.1, 0.15) is 5.60 Å². The van der Waals surface area contributed by atoms with E-state index in [4.69, 9.17) is 4.74 Å². The van der Waals surface area contributed by atoms with Gasteiger partial charge in [-0.1, -0.05) is 29.8 Å². The molecule has 92 valence electrons. The van der Waals surface area contributed by atoms with E-state index in [0.29, 0.717) is 19.7 Å². The summed E-state index contributed by atoms with van der Waals surface area (Å²) in [6.07, 6.45) is 0. The Hall–Kier alpha value is -1.35. The van der Waals surface area contributed by atoms with Crippen molar-refractivity contribution >= 4 is 5.91 Å². The van der Waals surface area contributed by atoms with Crippen molar-refractivity contribution in [3.63, 3.8) is 0 Å². The van der Waals surface area contributed by atoms with Crippen LogP contribution in [0.5, 0.6) is 0 Å². The molecule has 1 aliphatic rings. The first-order chi connectivity index (χ1) is 8.01. The predicted molar refractivity (Wildman–Crippen MR) is 66.7 cm³/mol. The Morgan fingerprint density at radius 2 is 2.00 bits per heavy atom. The van der Waals surface area contributed by atoms with Crippen LogP contribution in [0.2, 0.25) is 0 Å². The molecule has 1 aromatic carbocycles. The van der Waals surface area contributed by atoms with Crippen LogP contribution in [-0.4, -0.2) is 30.5 Å². The summed E-state index contributed by atoms with van der Waals surface area (Å²) in [5, 5.41) is 0. The van der Waals surface area contributed by atoms with Crippen LogP contribution in [0, 0.1) is 6.92 Å². The molecule has 3 heteroatoms. The second kappa shape index (κ2) is 4.49. The topological polar surface area (TPSA) is 29.5 Å². The average Bonchev–Trinajstić information content (AvgIpc) is 2.29. The van der Waals surface area contributed by atoms with Gasteiger partial charge in [0.05, 0.1) is 13.2 Å². The summed E-state index contributed by atoms with van der Waals surface area (Å²) in [5.41, 5.74) is 1.99. The van der Waals surface area contributed by atoms with Crippen LogP contribution in [-0.2, 0) is 15.1 Å². The van der Waals surface area contributed by atoms with Crippen molar-refractivity contribution in [2.75, 3.05) is 19.7 Å². The van der Waals surface area contributed by atoms with E-state index in [1.807, 2.05) is 11.8 Å². The van der Waals surface area contributed by atoms with Crippen LogP contribution >= 0.6 is 0 Å². The van der Waals surface area contributed by atoms with Crippen LogP contribution < -0.4 is 0 Å². The number of carbonyl (C=O) groups excluding carboxylic acids is 1. The third-order valence-electron chi connectivity index (χ3n) is 3.38. The summed E-state index contributed by atoms with van der Waals surface area (Å²) >= 11 is 0.